The monoisotopic (exact) mass is 381 g/mol. The van der Waals surface area contributed by atoms with Gasteiger partial charge in [0.1, 0.15) is 5.71 Å². The van der Waals surface area contributed by atoms with Crippen molar-refractivity contribution in [2.24, 2.45) is 10.7 Å². The van der Waals surface area contributed by atoms with E-state index in [2.05, 4.69) is 21.1 Å². The zero-order chi connectivity index (χ0) is 19.5. The van der Waals surface area contributed by atoms with E-state index in [1.807, 2.05) is 23.1 Å². The number of fused-ring (bicyclic) bond motifs is 1. The summed E-state index contributed by atoms with van der Waals surface area (Å²) in [5, 5.41) is 5.46. The van der Waals surface area contributed by atoms with Crippen LogP contribution in [0.5, 0.6) is 0 Å². The molecule has 0 atom stereocenters. The number of aromatic nitrogens is 1. The normalized spacial score (nSPS) is 20.0. The van der Waals surface area contributed by atoms with Crippen LogP contribution in [-0.4, -0.2) is 65.8 Å². The molecule has 0 aliphatic carbocycles. The standard InChI is InChI=1S/C21H27N5O2/c1-15(22)14-18-21(27)26(11-8-23-18)13-12-25-9-6-16(7-10-25)20-17-4-2-3-5-19(17)28-24-20/h2-5,14,16H,6-13,22H2,1H3/b15-14-. The van der Waals surface area contributed by atoms with Crippen molar-refractivity contribution in [2.75, 3.05) is 39.3 Å². The number of rotatable bonds is 5. The zero-order valence-electron chi connectivity index (χ0n) is 16.3. The Morgan fingerprint density at radius 1 is 1.25 bits per heavy atom. The number of nitrogens with zero attached hydrogens (tertiary/aromatic N) is 4. The number of likely N-dealkylation sites (tertiary alicyclic amines) is 1. The third-order valence-corrected chi connectivity index (χ3v) is 5.59. The van der Waals surface area contributed by atoms with Gasteiger partial charge in [-0.2, -0.15) is 0 Å². The van der Waals surface area contributed by atoms with Gasteiger partial charge in [0.25, 0.3) is 5.91 Å². The number of carbonyl (C=O) groups excluding carboxylic acids is 1. The Morgan fingerprint density at radius 3 is 2.82 bits per heavy atom. The van der Waals surface area contributed by atoms with Crippen LogP contribution in [0.2, 0.25) is 0 Å². The molecule has 148 valence electrons. The molecule has 1 fully saturated rings. The SMILES string of the molecule is C/C(N)=C/C1=NCCN(CCN2CCC(c3noc4ccccc34)CC2)C1=O. The first-order valence-corrected chi connectivity index (χ1v) is 9.96. The van der Waals surface area contributed by atoms with E-state index in [4.69, 9.17) is 10.3 Å². The van der Waals surface area contributed by atoms with Gasteiger partial charge in [-0.25, -0.2) is 0 Å². The van der Waals surface area contributed by atoms with Crippen molar-refractivity contribution >= 4 is 22.6 Å². The molecule has 28 heavy (non-hydrogen) atoms. The van der Waals surface area contributed by atoms with Crippen LogP contribution in [0, 0.1) is 0 Å². The molecule has 1 aromatic heterocycles. The smallest absolute Gasteiger partial charge is 0.272 e. The van der Waals surface area contributed by atoms with Crippen molar-refractivity contribution in [2.45, 2.75) is 25.7 Å². The number of carbonyl (C=O) groups is 1. The number of hydrogen-bond donors (Lipinski definition) is 1. The molecule has 2 aliphatic heterocycles. The zero-order valence-corrected chi connectivity index (χ0v) is 16.3. The van der Waals surface area contributed by atoms with Gasteiger partial charge in [0.05, 0.1) is 12.2 Å². The number of hydrogen-bond acceptors (Lipinski definition) is 6. The molecule has 1 saturated heterocycles. The van der Waals surface area contributed by atoms with Crippen molar-refractivity contribution < 1.29 is 9.32 Å². The molecular formula is C21H27N5O2. The third-order valence-electron chi connectivity index (χ3n) is 5.59. The fourth-order valence-corrected chi connectivity index (χ4v) is 4.05. The molecule has 0 saturated carbocycles. The summed E-state index contributed by atoms with van der Waals surface area (Å²) in [6.45, 7) is 6.74. The van der Waals surface area contributed by atoms with Gasteiger partial charge in [-0.05, 0) is 51.1 Å². The van der Waals surface area contributed by atoms with Crippen LogP contribution in [0.15, 0.2) is 45.6 Å². The maximum atomic E-state index is 12.5. The highest BCUT2D eigenvalue weighted by atomic mass is 16.5. The van der Waals surface area contributed by atoms with E-state index in [0.717, 1.165) is 55.7 Å². The van der Waals surface area contributed by atoms with Crippen molar-refractivity contribution in [3.05, 3.63) is 41.7 Å². The van der Waals surface area contributed by atoms with Crippen LogP contribution >= 0.6 is 0 Å². The second-order valence-corrected chi connectivity index (χ2v) is 7.63. The Hall–Kier alpha value is -2.67. The Balaban J connectivity index is 1.30. The second kappa shape index (κ2) is 8.14. The topological polar surface area (TPSA) is 88.0 Å². The summed E-state index contributed by atoms with van der Waals surface area (Å²) in [6.07, 6.45) is 3.79. The van der Waals surface area contributed by atoms with E-state index in [1.54, 1.807) is 13.0 Å². The van der Waals surface area contributed by atoms with Gasteiger partial charge in [0.2, 0.25) is 0 Å². The summed E-state index contributed by atoms with van der Waals surface area (Å²) in [4.78, 5) is 21.1. The molecule has 0 spiro atoms. The van der Waals surface area contributed by atoms with Crippen molar-refractivity contribution in [3.63, 3.8) is 0 Å². The highest BCUT2D eigenvalue weighted by Gasteiger charge is 2.26. The molecule has 2 aromatic rings. The Bertz CT molecular complexity index is 904. The minimum absolute atomic E-state index is 0.0139. The average molecular weight is 381 g/mol. The van der Waals surface area contributed by atoms with Gasteiger partial charge in [0, 0.05) is 36.6 Å². The van der Waals surface area contributed by atoms with Crippen LogP contribution in [0.1, 0.15) is 31.4 Å². The van der Waals surface area contributed by atoms with Crippen molar-refractivity contribution in [1.82, 2.24) is 15.0 Å². The molecule has 1 amide bonds. The maximum absolute atomic E-state index is 12.5. The first-order valence-electron chi connectivity index (χ1n) is 9.96. The molecule has 0 unspecified atom stereocenters. The number of nitrogens with two attached hydrogens (primary N) is 1. The summed E-state index contributed by atoms with van der Waals surface area (Å²) in [5.41, 5.74) is 8.73. The number of allylic oxidation sites excluding steroid dienone is 1. The molecule has 1 aromatic carbocycles. The molecule has 0 bridgehead atoms. The summed E-state index contributed by atoms with van der Waals surface area (Å²) >= 11 is 0. The van der Waals surface area contributed by atoms with Crippen molar-refractivity contribution in [1.29, 1.82) is 0 Å². The fourth-order valence-electron chi connectivity index (χ4n) is 4.05. The van der Waals surface area contributed by atoms with Gasteiger partial charge in [-0.1, -0.05) is 17.3 Å². The van der Waals surface area contributed by atoms with E-state index in [-0.39, 0.29) is 5.91 Å². The first kappa shape index (κ1) is 18.7. The third kappa shape index (κ3) is 3.94. The molecule has 3 heterocycles. The highest BCUT2D eigenvalue weighted by Crippen LogP contribution is 2.32. The van der Waals surface area contributed by atoms with E-state index in [0.29, 0.717) is 30.4 Å². The first-order chi connectivity index (χ1) is 13.6. The minimum atomic E-state index is -0.0139. The summed E-state index contributed by atoms with van der Waals surface area (Å²) < 4.78 is 5.47. The van der Waals surface area contributed by atoms with Gasteiger partial charge >= 0.3 is 0 Å². The van der Waals surface area contributed by atoms with E-state index in [9.17, 15) is 4.79 Å². The molecule has 0 radical (unpaired) electrons. The molecule has 2 aliphatic rings. The van der Waals surface area contributed by atoms with Gasteiger partial charge in [-0.15, -0.1) is 0 Å². The largest absolute Gasteiger partial charge is 0.402 e. The van der Waals surface area contributed by atoms with Gasteiger partial charge < -0.3 is 20.1 Å². The van der Waals surface area contributed by atoms with Crippen LogP contribution in [0.25, 0.3) is 11.0 Å². The number of para-hydroxylation sites is 1. The maximum Gasteiger partial charge on any atom is 0.272 e. The Kier molecular flexibility index (Phi) is 5.43. The number of benzene rings is 1. The number of aliphatic imine (C=N–C) groups is 1. The summed E-state index contributed by atoms with van der Waals surface area (Å²) in [5.74, 6) is 0.424. The quantitative estimate of drug-likeness (QED) is 0.857. The summed E-state index contributed by atoms with van der Waals surface area (Å²) in [6, 6.07) is 8.07. The molecule has 7 heteroatoms. The molecule has 4 rings (SSSR count). The lowest BCUT2D eigenvalue weighted by Crippen LogP contribution is -2.46. The Morgan fingerprint density at radius 2 is 2.04 bits per heavy atom. The predicted molar refractivity (Wildman–Crippen MR) is 109 cm³/mol. The van der Waals surface area contributed by atoms with E-state index >= 15 is 0 Å². The van der Waals surface area contributed by atoms with Crippen LogP contribution in [-0.2, 0) is 4.79 Å². The molecule has 7 nitrogen and oxygen atoms in total. The number of piperidine rings is 1. The van der Waals surface area contributed by atoms with Crippen LogP contribution in [0.4, 0.5) is 0 Å². The fraction of sp³-hybridized carbons (Fsp3) is 0.476. The lowest BCUT2D eigenvalue weighted by Gasteiger charge is -2.33. The lowest BCUT2D eigenvalue weighted by molar-refractivity contribution is -0.124. The van der Waals surface area contributed by atoms with Crippen LogP contribution < -0.4 is 5.73 Å². The lowest BCUT2D eigenvalue weighted by atomic mass is 9.91. The summed E-state index contributed by atoms with van der Waals surface area (Å²) in [7, 11) is 0. The van der Waals surface area contributed by atoms with Gasteiger partial charge in [0.15, 0.2) is 5.58 Å². The molecular weight excluding hydrogens is 354 g/mol. The van der Waals surface area contributed by atoms with Crippen LogP contribution in [0.3, 0.4) is 0 Å². The van der Waals surface area contributed by atoms with E-state index < -0.39 is 0 Å². The Labute approximate surface area is 164 Å². The van der Waals surface area contributed by atoms with Crippen molar-refractivity contribution in [3.8, 4) is 0 Å². The van der Waals surface area contributed by atoms with E-state index in [1.165, 1.54) is 0 Å². The second-order valence-electron chi connectivity index (χ2n) is 7.63. The minimum Gasteiger partial charge on any atom is -0.402 e. The predicted octanol–water partition coefficient (Wildman–Crippen LogP) is 2.15. The van der Waals surface area contributed by atoms with Gasteiger partial charge in [-0.3, -0.25) is 9.79 Å². The molecule has 2 N–H and O–H groups in total. The highest BCUT2D eigenvalue weighted by molar-refractivity contribution is 6.43. The average Bonchev–Trinajstić information content (AvgIpc) is 3.13. The number of amides is 1.